The molecule has 2 aliphatic rings. The van der Waals surface area contributed by atoms with Gasteiger partial charge in [0.1, 0.15) is 6.54 Å². The highest BCUT2D eigenvalue weighted by Gasteiger charge is 2.45. The van der Waals surface area contributed by atoms with Gasteiger partial charge in [-0.15, -0.1) is 0 Å². The average Bonchev–Trinajstić information content (AvgIpc) is 3.45. The van der Waals surface area contributed by atoms with Crippen LogP contribution in [0.15, 0.2) is 121 Å². The molecule has 4 aromatic carbocycles. The normalized spacial score (nSPS) is 17.7. The highest BCUT2D eigenvalue weighted by Crippen LogP contribution is 2.51. The van der Waals surface area contributed by atoms with Gasteiger partial charge in [0.25, 0.3) is 0 Å². The van der Waals surface area contributed by atoms with Crippen LogP contribution in [0.5, 0.6) is 0 Å². The van der Waals surface area contributed by atoms with Crippen LogP contribution in [0.4, 0.5) is 11.4 Å². The Balaban J connectivity index is 1.23. The van der Waals surface area contributed by atoms with E-state index < -0.39 is 0 Å². The highest BCUT2D eigenvalue weighted by molar-refractivity contribution is 6.07. The zero-order valence-corrected chi connectivity index (χ0v) is 32.7. The van der Waals surface area contributed by atoms with E-state index in [0.29, 0.717) is 5.41 Å². The van der Waals surface area contributed by atoms with Crippen LogP contribution in [0.2, 0.25) is 0 Å². The summed E-state index contributed by atoms with van der Waals surface area (Å²) in [5.41, 5.74) is 8.69. The van der Waals surface area contributed by atoms with Crippen LogP contribution in [0, 0.1) is 5.41 Å². The number of fused-ring (bicyclic) bond motifs is 6. The monoisotopic (exact) mass is 677 g/mol. The van der Waals surface area contributed by atoms with E-state index >= 15 is 0 Å². The topological polar surface area (TPSA) is 6.25 Å². The van der Waals surface area contributed by atoms with Crippen molar-refractivity contribution in [2.45, 2.75) is 111 Å². The second kappa shape index (κ2) is 15.2. The Bertz CT molecular complexity index is 2020. The number of hydrogen-bond acceptors (Lipinski definition) is 1. The van der Waals surface area contributed by atoms with E-state index in [2.05, 4.69) is 180 Å². The number of benzene rings is 4. The number of nitrogens with zero attached hydrogens (tertiary/aromatic N) is 2. The Morgan fingerprint density at radius 1 is 0.647 bits per heavy atom. The van der Waals surface area contributed by atoms with Gasteiger partial charge in [0.05, 0.1) is 5.41 Å². The molecule has 0 radical (unpaired) electrons. The SMILES string of the molecule is CCCCC[N+]1=C(/C=C/C=C/C=C/C=C2/N(CCCCCC(C)(C)C)c3ccc4ccccc4c3C2(C)C)C(C)(C)c2c1ccc1ccccc21. The van der Waals surface area contributed by atoms with E-state index in [4.69, 9.17) is 0 Å². The predicted molar refractivity (Wildman–Crippen MR) is 224 cm³/mol. The van der Waals surface area contributed by atoms with Crippen LogP contribution in [0.3, 0.4) is 0 Å². The molecule has 0 atom stereocenters. The molecule has 2 aliphatic heterocycles. The lowest BCUT2D eigenvalue weighted by molar-refractivity contribution is -0.438. The first-order valence-electron chi connectivity index (χ1n) is 19.6. The summed E-state index contributed by atoms with van der Waals surface area (Å²) in [5.74, 6) is 0. The molecule has 0 aliphatic carbocycles. The molecule has 0 saturated heterocycles. The summed E-state index contributed by atoms with van der Waals surface area (Å²) in [4.78, 5) is 2.61. The summed E-state index contributed by atoms with van der Waals surface area (Å²) in [6, 6.07) is 27.1. The van der Waals surface area contributed by atoms with Gasteiger partial charge in [-0.05, 0) is 83.8 Å². The van der Waals surface area contributed by atoms with Gasteiger partial charge in [0.2, 0.25) is 5.69 Å². The molecule has 2 nitrogen and oxygen atoms in total. The van der Waals surface area contributed by atoms with Crippen molar-refractivity contribution in [2.75, 3.05) is 18.0 Å². The van der Waals surface area contributed by atoms with E-state index in [1.807, 2.05) is 0 Å². The van der Waals surface area contributed by atoms with Crippen molar-refractivity contribution < 1.29 is 4.58 Å². The Labute approximate surface area is 309 Å². The third kappa shape index (κ3) is 7.57. The zero-order valence-electron chi connectivity index (χ0n) is 32.7. The second-order valence-electron chi connectivity index (χ2n) is 17.1. The molecule has 0 amide bonds. The predicted octanol–water partition coefficient (Wildman–Crippen LogP) is 13.5. The van der Waals surface area contributed by atoms with E-state index in [9.17, 15) is 0 Å². The van der Waals surface area contributed by atoms with Gasteiger partial charge in [-0.25, -0.2) is 0 Å². The lowest BCUT2D eigenvalue weighted by Crippen LogP contribution is -2.28. The Hall–Kier alpha value is -4.17. The Morgan fingerprint density at radius 2 is 1.29 bits per heavy atom. The van der Waals surface area contributed by atoms with E-state index in [0.717, 1.165) is 13.1 Å². The lowest BCUT2D eigenvalue weighted by atomic mass is 9.79. The fourth-order valence-electron chi connectivity index (χ4n) is 8.66. The fourth-order valence-corrected chi connectivity index (χ4v) is 8.66. The molecule has 0 bridgehead atoms. The lowest BCUT2D eigenvalue weighted by Gasteiger charge is -2.27. The molecule has 2 heterocycles. The van der Waals surface area contributed by atoms with Crippen LogP contribution in [-0.4, -0.2) is 23.4 Å². The number of allylic oxidation sites excluding steroid dienone is 8. The largest absolute Gasteiger partial charge is 0.344 e. The van der Waals surface area contributed by atoms with Gasteiger partial charge in [0.15, 0.2) is 5.71 Å². The van der Waals surface area contributed by atoms with Crippen molar-refractivity contribution in [3.05, 3.63) is 132 Å². The molecule has 6 rings (SSSR count). The molecule has 0 unspecified atom stereocenters. The summed E-state index contributed by atoms with van der Waals surface area (Å²) in [5, 5.41) is 5.40. The molecule has 2 heteroatoms. The maximum absolute atomic E-state index is 2.61. The van der Waals surface area contributed by atoms with Crippen molar-refractivity contribution in [1.29, 1.82) is 0 Å². The maximum atomic E-state index is 2.61. The van der Waals surface area contributed by atoms with Crippen molar-refractivity contribution in [3.8, 4) is 0 Å². The van der Waals surface area contributed by atoms with Crippen molar-refractivity contribution in [1.82, 2.24) is 0 Å². The molecule has 0 spiro atoms. The van der Waals surface area contributed by atoms with E-state index in [1.54, 1.807) is 0 Å². The summed E-state index contributed by atoms with van der Waals surface area (Å²) in [6.07, 6.45) is 24.5. The molecular formula is C49H61N2+. The molecule has 0 fully saturated rings. The van der Waals surface area contributed by atoms with Crippen molar-refractivity contribution in [2.24, 2.45) is 5.41 Å². The summed E-state index contributed by atoms with van der Waals surface area (Å²) >= 11 is 0. The molecule has 51 heavy (non-hydrogen) atoms. The van der Waals surface area contributed by atoms with Crippen LogP contribution < -0.4 is 4.90 Å². The summed E-state index contributed by atoms with van der Waals surface area (Å²) in [7, 11) is 0. The minimum absolute atomic E-state index is 0.0730. The summed E-state index contributed by atoms with van der Waals surface area (Å²) < 4.78 is 2.59. The van der Waals surface area contributed by atoms with Gasteiger partial charge < -0.3 is 4.90 Å². The van der Waals surface area contributed by atoms with Gasteiger partial charge in [0, 0.05) is 47.5 Å². The Kier molecular flexibility index (Phi) is 10.9. The Morgan fingerprint density at radius 3 is 2.00 bits per heavy atom. The molecule has 0 N–H and O–H groups in total. The molecule has 4 aromatic rings. The minimum atomic E-state index is -0.0827. The quantitative estimate of drug-likeness (QED) is 0.0775. The molecular weight excluding hydrogens is 617 g/mol. The van der Waals surface area contributed by atoms with Crippen LogP contribution >= 0.6 is 0 Å². The fraction of sp³-hybridized carbons (Fsp3) is 0.408. The number of unbranched alkanes of at least 4 members (excludes halogenated alkanes) is 4. The molecule has 0 aromatic heterocycles. The van der Waals surface area contributed by atoms with Crippen LogP contribution in [-0.2, 0) is 10.8 Å². The number of hydrogen-bond donors (Lipinski definition) is 0. The molecule has 266 valence electrons. The zero-order chi connectivity index (χ0) is 36.2. The third-order valence-electron chi connectivity index (χ3n) is 11.3. The standard InChI is InChI=1S/C49H61N2/c1-9-10-22-35-50-41-32-30-37-24-17-19-26-39(37)45(41)48(5,6)43(50)28-15-12-11-13-16-29-44-49(7,8)46-40-27-20-18-25-38(40)31-33-42(46)51(44)36-23-14-21-34-47(2,3)4/h11-13,15-20,24-33H,9-10,14,21-23,34-36H2,1-8H3/q+1. The first-order chi connectivity index (χ1) is 24.4. The van der Waals surface area contributed by atoms with Gasteiger partial charge in [-0.2, -0.15) is 4.58 Å². The average molecular weight is 678 g/mol. The van der Waals surface area contributed by atoms with E-state index in [-0.39, 0.29) is 10.8 Å². The van der Waals surface area contributed by atoms with Crippen molar-refractivity contribution in [3.63, 3.8) is 0 Å². The van der Waals surface area contributed by atoms with Crippen LogP contribution in [0.1, 0.15) is 111 Å². The maximum Gasteiger partial charge on any atom is 0.210 e. The number of anilines is 1. The first-order valence-corrected chi connectivity index (χ1v) is 19.6. The third-order valence-corrected chi connectivity index (χ3v) is 11.3. The minimum Gasteiger partial charge on any atom is -0.344 e. The first kappa shape index (κ1) is 36.6. The van der Waals surface area contributed by atoms with Crippen molar-refractivity contribution >= 4 is 38.6 Å². The van der Waals surface area contributed by atoms with Gasteiger partial charge >= 0.3 is 0 Å². The number of rotatable bonds is 13. The second-order valence-corrected chi connectivity index (χ2v) is 17.1. The highest BCUT2D eigenvalue weighted by atomic mass is 15.2. The van der Waals surface area contributed by atoms with Gasteiger partial charge in [-0.1, -0.05) is 146 Å². The smallest absolute Gasteiger partial charge is 0.210 e. The van der Waals surface area contributed by atoms with Gasteiger partial charge in [-0.3, -0.25) is 0 Å². The molecule has 0 saturated carbocycles. The summed E-state index contributed by atoms with van der Waals surface area (Å²) in [6.45, 7) is 21.1. The van der Waals surface area contributed by atoms with Crippen LogP contribution in [0.25, 0.3) is 21.5 Å². The van der Waals surface area contributed by atoms with E-state index in [1.165, 1.54) is 100 Å².